The van der Waals surface area contributed by atoms with Gasteiger partial charge in [-0.1, -0.05) is 41.0 Å². The molecular formula is C16H14Cl2N6S. The third-order valence-corrected chi connectivity index (χ3v) is 4.90. The van der Waals surface area contributed by atoms with E-state index < -0.39 is 0 Å². The largest absolute Gasteiger partial charge is 0.265 e. The topological polar surface area (TPSA) is 78.9 Å². The summed E-state index contributed by atoms with van der Waals surface area (Å²) < 4.78 is 0. The minimum Gasteiger partial charge on any atom is -0.265 e. The molecule has 0 fully saturated rings. The number of nitrogens with one attached hydrogen (secondary N) is 2. The van der Waals surface area contributed by atoms with Crippen molar-refractivity contribution >= 4 is 46.6 Å². The fourth-order valence-corrected chi connectivity index (χ4v) is 2.99. The van der Waals surface area contributed by atoms with E-state index in [1.165, 1.54) is 11.8 Å². The van der Waals surface area contributed by atoms with Crippen molar-refractivity contribution in [3.05, 3.63) is 63.9 Å². The third kappa shape index (κ3) is 4.94. The van der Waals surface area contributed by atoms with E-state index in [0.717, 1.165) is 16.8 Å². The SMILES string of the molecule is CC(=NNc1nc(SCc2ccc(Cl)c(Cl)c2)n[nH]1)c1ccncc1. The Hall–Kier alpha value is -2.09. The Morgan fingerprint density at radius 1 is 1.20 bits per heavy atom. The predicted molar refractivity (Wildman–Crippen MR) is 102 cm³/mol. The Morgan fingerprint density at radius 2 is 2.00 bits per heavy atom. The zero-order valence-corrected chi connectivity index (χ0v) is 15.5. The van der Waals surface area contributed by atoms with Crippen molar-refractivity contribution in [1.29, 1.82) is 0 Å². The van der Waals surface area contributed by atoms with E-state index in [4.69, 9.17) is 23.2 Å². The van der Waals surface area contributed by atoms with E-state index in [9.17, 15) is 0 Å². The molecule has 1 aromatic carbocycles. The van der Waals surface area contributed by atoms with Gasteiger partial charge in [-0.3, -0.25) is 4.98 Å². The number of aromatic nitrogens is 4. The van der Waals surface area contributed by atoms with Crippen LogP contribution in [0.3, 0.4) is 0 Å². The molecule has 25 heavy (non-hydrogen) atoms. The molecule has 3 aromatic rings. The van der Waals surface area contributed by atoms with Crippen LogP contribution in [0.1, 0.15) is 18.1 Å². The number of thioether (sulfide) groups is 1. The molecule has 2 N–H and O–H groups in total. The van der Waals surface area contributed by atoms with Gasteiger partial charge in [0.25, 0.3) is 0 Å². The zero-order valence-electron chi connectivity index (χ0n) is 13.2. The van der Waals surface area contributed by atoms with Gasteiger partial charge in [-0.2, -0.15) is 10.1 Å². The molecule has 0 spiro atoms. The number of halogens is 2. The Labute approximate surface area is 159 Å². The number of nitrogens with zero attached hydrogens (tertiary/aromatic N) is 4. The van der Waals surface area contributed by atoms with Crippen LogP contribution in [0.15, 0.2) is 53.0 Å². The maximum atomic E-state index is 6.01. The first-order valence-electron chi connectivity index (χ1n) is 7.31. The second-order valence-electron chi connectivity index (χ2n) is 5.05. The summed E-state index contributed by atoms with van der Waals surface area (Å²) in [7, 11) is 0. The molecule has 3 rings (SSSR count). The van der Waals surface area contributed by atoms with Crippen molar-refractivity contribution < 1.29 is 0 Å². The standard InChI is InChI=1S/C16H14Cl2N6S/c1-10(12-4-6-19-7-5-12)21-22-15-20-16(24-23-15)25-9-11-2-3-13(17)14(18)8-11/h2-8H,9H2,1H3,(H2,20,22,23,24). The van der Waals surface area contributed by atoms with Crippen LogP contribution in [0.2, 0.25) is 10.0 Å². The monoisotopic (exact) mass is 392 g/mol. The minimum atomic E-state index is 0.477. The van der Waals surface area contributed by atoms with Gasteiger partial charge in [0.2, 0.25) is 11.1 Å². The van der Waals surface area contributed by atoms with Crippen molar-refractivity contribution in [1.82, 2.24) is 20.2 Å². The van der Waals surface area contributed by atoms with Gasteiger partial charge in [0.1, 0.15) is 0 Å². The lowest BCUT2D eigenvalue weighted by Crippen LogP contribution is -2.00. The Balaban J connectivity index is 1.58. The number of pyridine rings is 1. The summed E-state index contributed by atoms with van der Waals surface area (Å²) in [6.45, 7) is 1.90. The van der Waals surface area contributed by atoms with Gasteiger partial charge < -0.3 is 0 Å². The smallest absolute Gasteiger partial charge is 0.240 e. The molecule has 6 nitrogen and oxygen atoms in total. The summed E-state index contributed by atoms with van der Waals surface area (Å²) in [5.74, 6) is 1.16. The number of H-pyrrole nitrogens is 1. The van der Waals surface area contributed by atoms with Crippen molar-refractivity contribution in [2.45, 2.75) is 17.8 Å². The quantitative estimate of drug-likeness (QED) is 0.363. The number of aromatic amines is 1. The van der Waals surface area contributed by atoms with E-state index in [2.05, 4.69) is 30.7 Å². The highest BCUT2D eigenvalue weighted by Crippen LogP contribution is 2.26. The molecule has 0 saturated heterocycles. The molecule has 0 aliphatic rings. The fourth-order valence-electron chi connectivity index (χ4n) is 1.93. The molecule has 128 valence electrons. The molecule has 0 bridgehead atoms. The lowest BCUT2D eigenvalue weighted by Gasteiger charge is -2.01. The van der Waals surface area contributed by atoms with Gasteiger partial charge in [0, 0.05) is 23.7 Å². The number of hydrogen-bond acceptors (Lipinski definition) is 6. The highest BCUT2D eigenvalue weighted by atomic mass is 35.5. The van der Waals surface area contributed by atoms with Gasteiger partial charge in [-0.25, -0.2) is 10.5 Å². The zero-order chi connectivity index (χ0) is 17.6. The summed E-state index contributed by atoms with van der Waals surface area (Å²) in [5, 5.41) is 12.9. The van der Waals surface area contributed by atoms with Gasteiger partial charge in [0.15, 0.2) is 0 Å². The molecule has 0 atom stereocenters. The summed E-state index contributed by atoms with van der Waals surface area (Å²) in [4.78, 5) is 8.32. The summed E-state index contributed by atoms with van der Waals surface area (Å²) in [5.41, 5.74) is 5.72. The van der Waals surface area contributed by atoms with Crippen molar-refractivity contribution in [3.63, 3.8) is 0 Å². The van der Waals surface area contributed by atoms with E-state index in [0.29, 0.717) is 26.9 Å². The van der Waals surface area contributed by atoms with Crippen LogP contribution in [-0.2, 0) is 5.75 Å². The highest BCUT2D eigenvalue weighted by Gasteiger charge is 2.06. The molecule has 0 saturated carbocycles. The Kier molecular flexibility index (Phi) is 5.91. The number of rotatable bonds is 6. The average molecular weight is 393 g/mol. The number of anilines is 1. The number of benzene rings is 1. The van der Waals surface area contributed by atoms with Crippen molar-refractivity contribution in [3.8, 4) is 0 Å². The molecule has 0 aliphatic carbocycles. The van der Waals surface area contributed by atoms with E-state index in [1.54, 1.807) is 18.5 Å². The van der Waals surface area contributed by atoms with Gasteiger partial charge in [0.05, 0.1) is 15.8 Å². The second-order valence-corrected chi connectivity index (χ2v) is 6.81. The lowest BCUT2D eigenvalue weighted by molar-refractivity contribution is 0.972. The summed E-state index contributed by atoms with van der Waals surface area (Å²) in [6.07, 6.45) is 3.45. The molecule has 0 aliphatic heterocycles. The molecule has 2 aromatic heterocycles. The van der Waals surface area contributed by atoms with Crippen molar-refractivity contribution in [2.75, 3.05) is 5.43 Å². The van der Waals surface area contributed by atoms with Crippen LogP contribution in [-0.4, -0.2) is 25.9 Å². The molecular weight excluding hydrogens is 379 g/mol. The molecule has 9 heteroatoms. The fraction of sp³-hybridized carbons (Fsp3) is 0.125. The second kappa shape index (κ2) is 8.33. The summed E-state index contributed by atoms with van der Waals surface area (Å²) >= 11 is 13.4. The van der Waals surface area contributed by atoms with E-state index in [1.807, 2.05) is 31.2 Å². The average Bonchev–Trinajstić information content (AvgIpc) is 3.09. The predicted octanol–water partition coefficient (Wildman–Crippen LogP) is 4.63. The molecule has 0 unspecified atom stereocenters. The van der Waals surface area contributed by atoms with Crippen molar-refractivity contribution in [2.24, 2.45) is 5.10 Å². The van der Waals surface area contributed by atoms with Crippen LogP contribution in [0.4, 0.5) is 5.95 Å². The van der Waals surface area contributed by atoms with Crippen LogP contribution >= 0.6 is 35.0 Å². The van der Waals surface area contributed by atoms with Gasteiger partial charge in [-0.05, 0) is 36.8 Å². The van der Waals surface area contributed by atoms with E-state index >= 15 is 0 Å². The van der Waals surface area contributed by atoms with Crippen LogP contribution in [0.25, 0.3) is 0 Å². The maximum Gasteiger partial charge on any atom is 0.240 e. The third-order valence-electron chi connectivity index (χ3n) is 3.24. The van der Waals surface area contributed by atoms with Crippen LogP contribution in [0.5, 0.6) is 0 Å². The summed E-state index contributed by atoms with van der Waals surface area (Å²) in [6, 6.07) is 9.32. The first-order valence-corrected chi connectivity index (χ1v) is 9.06. The van der Waals surface area contributed by atoms with Crippen LogP contribution < -0.4 is 5.43 Å². The highest BCUT2D eigenvalue weighted by molar-refractivity contribution is 7.98. The molecule has 0 amide bonds. The maximum absolute atomic E-state index is 6.01. The number of hydrazone groups is 1. The normalized spacial score (nSPS) is 11.6. The number of hydrogen-bond donors (Lipinski definition) is 2. The first-order chi connectivity index (χ1) is 12.1. The minimum absolute atomic E-state index is 0.477. The van der Waals surface area contributed by atoms with Crippen LogP contribution in [0, 0.1) is 0 Å². The molecule has 0 radical (unpaired) electrons. The first kappa shape index (κ1) is 17.7. The Morgan fingerprint density at radius 3 is 2.76 bits per heavy atom. The van der Waals surface area contributed by atoms with Gasteiger partial charge >= 0.3 is 0 Å². The van der Waals surface area contributed by atoms with Gasteiger partial charge in [-0.15, -0.1) is 5.10 Å². The van der Waals surface area contributed by atoms with E-state index in [-0.39, 0.29) is 0 Å². The lowest BCUT2D eigenvalue weighted by atomic mass is 10.2. The Bertz CT molecular complexity index is 881. The molecule has 2 heterocycles.